The highest BCUT2D eigenvalue weighted by atomic mass is 32.1. The van der Waals surface area contributed by atoms with Crippen LogP contribution in [0.5, 0.6) is 0 Å². The fourth-order valence-electron chi connectivity index (χ4n) is 2.54. The van der Waals surface area contributed by atoms with E-state index < -0.39 is 0 Å². The van der Waals surface area contributed by atoms with Gasteiger partial charge in [0.15, 0.2) is 0 Å². The molecule has 1 nitrogen and oxygen atoms in total. The molecule has 3 aromatic rings. The predicted molar refractivity (Wildman–Crippen MR) is 90.8 cm³/mol. The zero-order valence-corrected chi connectivity index (χ0v) is 12.9. The lowest BCUT2D eigenvalue weighted by Crippen LogP contribution is -2.12. The second-order valence-corrected chi connectivity index (χ2v) is 6.14. The lowest BCUT2D eigenvalue weighted by Gasteiger charge is -2.13. The summed E-state index contributed by atoms with van der Waals surface area (Å²) in [6, 6.07) is 19.2. The molecular weight excluding hydrogens is 274 g/mol. The summed E-state index contributed by atoms with van der Waals surface area (Å²) in [5.74, 6) is 0. The smallest absolute Gasteiger partial charge is 0.0562 e. The minimum atomic E-state index is -0.0259. The molecule has 1 atom stereocenters. The molecule has 0 radical (unpaired) electrons. The van der Waals surface area contributed by atoms with E-state index in [0.717, 1.165) is 6.42 Å². The molecule has 0 bridgehead atoms. The minimum Gasteiger partial charge on any atom is -0.320 e. The molecule has 2 heteroatoms. The van der Waals surface area contributed by atoms with E-state index in [0.29, 0.717) is 0 Å². The monoisotopic (exact) mass is 293 g/mol. The van der Waals surface area contributed by atoms with Crippen LogP contribution < -0.4 is 5.73 Å². The molecule has 0 aliphatic carbocycles. The molecule has 1 aromatic heterocycles. The van der Waals surface area contributed by atoms with Crippen molar-refractivity contribution in [1.29, 1.82) is 0 Å². The first-order valence-corrected chi connectivity index (χ1v) is 8.09. The summed E-state index contributed by atoms with van der Waals surface area (Å²) in [5.41, 5.74) is 12.7. The van der Waals surface area contributed by atoms with Crippen molar-refractivity contribution in [2.75, 3.05) is 0 Å². The van der Waals surface area contributed by atoms with Crippen molar-refractivity contribution < 1.29 is 0 Å². The average molecular weight is 293 g/mol. The van der Waals surface area contributed by atoms with Crippen molar-refractivity contribution in [3.63, 3.8) is 0 Å². The zero-order valence-electron chi connectivity index (χ0n) is 12.1. The number of rotatable bonds is 4. The van der Waals surface area contributed by atoms with Crippen molar-refractivity contribution in [3.05, 3.63) is 93.2 Å². The summed E-state index contributed by atoms with van der Waals surface area (Å²) in [6.45, 7) is 2.12. The van der Waals surface area contributed by atoms with E-state index in [2.05, 4.69) is 72.3 Å². The molecule has 0 fully saturated rings. The van der Waals surface area contributed by atoms with Gasteiger partial charge in [-0.15, -0.1) is 0 Å². The minimum absolute atomic E-state index is 0.0259. The first kappa shape index (κ1) is 14.1. The zero-order chi connectivity index (χ0) is 14.7. The van der Waals surface area contributed by atoms with E-state index in [1.54, 1.807) is 11.3 Å². The Morgan fingerprint density at radius 1 is 0.905 bits per heavy atom. The number of aryl methyl sites for hydroxylation is 1. The molecule has 0 aliphatic rings. The Balaban J connectivity index is 1.77. The van der Waals surface area contributed by atoms with Crippen LogP contribution in [-0.4, -0.2) is 0 Å². The molecule has 2 aromatic carbocycles. The highest BCUT2D eigenvalue weighted by Crippen LogP contribution is 2.26. The van der Waals surface area contributed by atoms with Gasteiger partial charge in [0.1, 0.15) is 0 Å². The quantitative estimate of drug-likeness (QED) is 0.741. The molecule has 1 unspecified atom stereocenters. The summed E-state index contributed by atoms with van der Waals surface area (Å²) in [7, 11) is 0. The van der Waals surface area contributed by atoms with E-state index in [1.807, 2.05) is 0 Å². The summed E-state index contributed by atoms with van der Waals surface area (Å²) < 4.78 is 0. The molecule has 0 saturated carbocycles. The SMILES string of the molecule is Cc1cscc1C(N)c1ccc(Cc2ccccc2)cc1. The Hall–Kier alpha value is -1.90. The van der Waals surface area contributed by atoms with Gasteiger partial charge in [0, 0.05) is 0 Å². The third-order valence-corrected chi connectivity index (χ3v) is 4.70. The van der Waals surface area contributed by atoms with Gasteiger partial charge in [-0.3, -0.25) is 0 Å². The molecule has 0 spiro atoms. The van der Waals surface area contributed by atoms with Crippen molar-refractivity contribution in [2.24, 2.45) is 5.73 Å². The highest BCUT2D eigenvalue weighted by Gasteiger charge is 2.12. The summed E-state index contributed by atoms with van der Waals surface area (Å²) >= 11 is 1.71. The van der Waals surface area contributed by atoms with Gasteiger partial charge >= 0.3 is 0 Å². The van der Waals surface area contributed by atoms with E-state index in [4.69, 9.17) is 5.73 Å². The van der Waals surface area contributed by atoms with Crippen LogP contribution >= 0.6 is 11.3 Å². The van der Waals surface area contributed by atoms with Crippen molar-refractivity contribution in [1.82, 2.24) is 0 Å². The normalized spacial score (nSPS) is 12.3. The van der Waals surface area contributed by atoms with Gasteiger partial charge in [-0.05, 0) is 51.9 Å². The van der Waals surface area contributed by atoms with Gasteiger partial charge < -0.3 is 5.73 Å². The predicted octanol–water partition coefficient (Wildman–Crippen LogP) is 4.70. The number of hydrogen-bond donors (Lipinski definition) is 1. The van der Waals surface area contributed by atoms with E-state index >= 15 is 0 Å². The van der Waals surface area contributed by atoms with E-state index in [1.165, 1.54) is 27.8 Å². The fraction of sp³-hybridized carbons (Fsp3) is 0.158. The van der Waals surface area contributed by atoms with E-state index in [9.17, 15) is 0 Å². The molecule has 106 valence electrons. The van der Waals surface area contributed by atoms with Crippen LogP contribution in [0.4, 0.5) is 0 Å². The standard InChI is InChI=1S/C19H19NS/c1-14-12-21-13-18(14)19(20)17-9-7-16(8-10-17)11-15-5-3-2-4-6-15/h2-10,12-13,19H,11,20H2,1H3. The second kappa shape index (κ2) is 6.25. The fourth-order valence-corrected chi connectivity index (χ4v) is 3.43. The van der Waals surface area contributed by atoms with Crippen LogP contribution in [0.15, 0.2) is 65.4 Å². The summed E-state index contributed by atoms with van der Waals surface area (Å²) in [5, 5.41) is 4.30. The van der Waals surface area contributed by atoms with E-state index in [-0.39, 0.29) is 6.04 Å². The number of nitrogens with two attached hydrogens (primary N) is 1. The number of hydrogen-bond acceptors (Lipinski definition) is 2. The molecule has 3 rings (SSSR count). The Kier molecular flexibility index (Phi) is 4.18. The number of thiophene rings is 1. The van der Waals surface area contributed by atoms with Gasteiger partial charge in [-0.2, -0.15) is 11.3 Å². The van der Waals surface area contributed by atoms with Crippen molar-refractivity contribution in [3.8, 4) is 0 Å². The second-order valence-electron chi connectivity index (χ2n) is 5.39. The molecule has 0 amide bonds. The van der Waals surface area contributed by atoms with Crippen LogP contribution in [0, 0.1) is 6.92 Å². The maximum absolute atomic E-state index is 6.37. The lowest BCUT2D eigenvalue weighted by atomic mass is 9.97. The molecule has 2 N–H and O–H groups in total. The Morgan fingerprint density at radius 2 is 1.57 bits per heavy atom. The summed E-state index contributed by atoms with van der Waals surface area (Å²) in [4.78, 5) is 0. The third kappa shape index (κ3) is 3.23. The van der Waals surface area contributed by atoms with Crippen LogP contribution in [0.1, 0.15) is 33.9 Å². The largest absolute Gasteiger partial charge is 0.320 e. The molecule has 1 heterocycles. The van der Waals surface area contributed by atoms with Gasteiger partial charge in [0.2, 0.25) is 0 Å². The topological polar surface area (TPSA) is 26.0 Å². The lowest BCUT2D eigenvalue weighted by molar-refractivity contribution is 0.867. The average Bonchev–Trinajstić information content (AvgIpc) is 2.94. The molecule has 0 saturated heterocycles. The first-order valence-electron chi connectivity index (χ1n) is 7.15. The molecular formula is C19H19NS. The van der Waals surface area contributed by atoms with Crippen molar-refractivity contribution in [2.45, 2.75) is 19.4 Å². The van der Waals surface area contributed by atoms with Crippen LogP contribution in [0.3, 0.4) is 0 Å². The van der Waals surface area contributed by atoms with Gasteiger partial charge in [-0.1, -0.05) is 54.6 Å². The molecule has 0 aliphatic heterocycles. The first-order chi connectivity index (χ1) is 10.2. The Labute approximate surface area is 130 Å². The van der Waals surface area contributed by atoms with Gasteiger partial charge in [0.25, 0.3) is 0 Å². The Bertz CT molecular complexity index is 698. The summed E-state index contributed by atoms with van der Waals surface area (Å²) in [6.07, 6.45) is 0.966. The van der Waals surface area contributed by atoms with Gasteiger partial charge in [-0.25, -0.2) is 0 Å². The third-order valence-electron chi connectivity index (χ3n) is 3.82. The highest BCUT2D eigenvalue weighted by molar-refractivity contribution is 7.08. The Morgan fingerprint density at radius 3 is 2.19 bits per heavy atom. The van der Waals surface area contributed by atoms with Crippen LogP contribution in [-0.2, 0) is 6.42 Å². The van der Waals surface area contributed by atoms with Crippen LogP contribution in [0.2, 0.25) is 0 Å². The number of benzene rings is 2. The van der Waals surface area contributed by atoms with Gasteiger partial charge in [0.05, 0.1) is 6.04 Å². The maximum Gasteiger partial charge on any atom is 0.0562 e. The van der Waals surface area contributed by atoms with Crippen LogP contribution in [0.25, 0.3) is 0 Å². The maximum atomic E-state index is 6.37. The molecule has 21 heavy (non-hydrogen) atoms. The van der Waals surface area contributed by atoms with Crippen molar-refractivity contribution >= 4 is 11.3 Å².